The van der Waals surface area contributed by atoms with E-state index in [1.165, 1.54) is 16.7 Å². The molecule has 7 nitrogen and oxygen atoms in total. The number of hydrogen-bond donors (Lipinski definition) is 1. The van der Waals surface area contributed by atoms with Crippen LogP contribution < -0.4 is 5.32 Å². The number of amides is 1. The van der Waals surface area contributed by atoms with Gasteiger partial charge in [-0.2, -0.15) is 0 Å². The highest BCUT2D eigenvalue weighted by Crippen LogP contribution is 2.38. The number of likely N-dealkylation sites (N-methyl/N-ethyl adjacent to an activating group) is 1. The number of carbonyl (C=O) groups is 2. The summed E-state index contributed by atoms with van der Waals surface area (Å²) >= 11 is 6.26. The molecule has 0 unspecified atom stereocenters. The van der Waals surface area contributed by atoms with Gasteiger partial charge in [0.2, 0.25) is 0 Å². The highest BCUT2D eigenvalue weighted by Gasteiger charge is 2.47. The molecule has 9 heteroatoms. The number of ether oxygens (including phenoxy) is 2. The lowest BCUT2D eigenvalue weighted by molar-refractivity contribution is -0.177. The van der Waals surface area contributed by atoms with Crippen LogP contribution in [0.25, 0.3) is 0 Å². The van der Waals surface area contributed by atoms with E-state index in [-0.39, 0.29) is 10.9 Å². The van der Waals surface area contributed by atoms with Crippen LogP contribution in [0.15, 0.2) is 36.4 Å². The van der Waals surface area contributed by atoms with Crippen LogP contribution in [0.2, 0.25) is 23.2 Å². The number of benzene rings is 2. The number of unbranched alkanes of at least 4 members (excludes halogenated alkanes) is 4. The van der Waals surface area contributed by atoms with Gasteiger partial charge >= 0.3 is 5.97 Å². The standard InChI is InChI=1S/C40H65ClN2O5Si/c1-29-20-22-32(27-31(29)3)19-15-13-18-26-46-35(36(38(45)47-39(4,5)6)48-49(11,12)40(7,8)9)37(44)43(10)25-17-14-16-24-42-33-23-21-30(2)34(41)28-33/h20-23,27-28,35-36,42H,13-19,24-26H2,1-12H3/t35-,36-/m1/s1. The maximum absolute atomic E-state index is 14.1. The normalized spacial score (nSPS) is 13.6. The first-order chi connectivity index (χ1) is 22.7. The molecule has 0 aliphatic carbocycles. The van der Waals surface area contributed by atoms with Gasteiger partial charge < -0.3 is 24.1 Å². The molecule has 0 bridgehead atoms. The molecule has 0 spiro atoms. The molecule has 1 N–H and O–H groups in total. The monoisotopic (exact) mass is 716 g/mol. The Hall–Kier alpha value is -2.39. The molecule has 2 aromatic carbocycles. The first-order valence-corrected chi connectivity index (χ1v) is 21.3. The number of carbonyl (C=O) groups excluding carboxylic acids is 2. The van der Waals surface area contributed by atoms with Crippen molar-refractivity contribution >= 4 is 37.5 Å². The largest absolute Gasteiger partial charge is 0.458 e. The fourth-order valence-electron chi connectivity index (χ4n) is 5.07. The number of nitrogens with one attached hydrogen (secondary N) is 1. The SMILES string of the molecule is Cc1ccc(CCCCCO[C@@H](C(=O)N(C)CCCCCNc2ccc(C)c(Cl)c2)[C@@H](O[Si](C)(C)C(C)(C)C)C(=O)OC(C)(C)C)cc1C. The smallest absolute Gasteiger partial charge is 0.337 e. The molecular weight excluding hydrogens is 652 g/mol. The Morgan fingerprint density at radius 2 is 1.49 bits per heavy atom. The number of esters is 1. The Bertz CT molecular complexity index is 1350. The second-order valence-electron chi connectivity index (χ2n) is 16.1. The van der Waals surface area contributed by atoms with Crippen molar-refractivity contribution in [1.82, 2.24) is 4.90 Å². The van der Waals surface area contributed by atoms with Crippen LogP contribution in [0, 0.1) is 20.8 Å². The summed E-state index contributed by atoms with van der Waals surface area (Å²) in [5, 5.41) is 3.99. The van der Waals surface area contributed by atoms with Crippen LogP contribution in [-0.2, 0) is 29.9 Å². The number of aryl methyl sites for hydroxylation is 4. The van der Waals surface area contributed by atoms with Gasteiger partial charge in [-0.05, 0) is 133 Å². The van der Waals surface area contributed by atoms with E-state index in [9.17, 15) is 9.59 Å². The fourth-order valence-corrected chi connectivity index (χ4v) is 6.46. The minimum absolute atomic E-state index is 0.182. The summed E-state index contributed by atoms with van der Waals surface area (Å²) in [6.07, 6.45) is 4.20. The Labute approximate surface area is 303 Å². The number of hydrogen-bond acceptors (Lipinski definition) is 6. The van der Waals surface area contributed by atoms with Crippen LogP contribution in [0.4, 0.5) is 5.69 Å². The lowest BCUT2D eigenvalue weighted by Gasteiger charge is -2.41. The summed E-state index contributed by atoms with van der Waals surface area (Å²) in [6.45, 7) is 24.0. The average Bonchev–Trinajstić information content (AvgIpc) is 2.99. The number of halogens is 1. The van der Waals surface area contributed by atoms with Gasteiger partial charge in [-0.3, -0.25) is 4.79 Å². The van der Waals surface area contributed by atoms with E-state index in [0.29, 0.717) is 13.2 Å². The van der Waals surface area contributed by atoms with E-state index in [1.807, 2.05) is 45.9 Å². The van der Waals surface area contributed by atoms with E-state index in [1.54, 1.807) is 11.9 Å². The van der Waals surface area contributed by atoms with Gasteiger partial charge in [-0.1, -0.05) is 63.1 Å². The third-order valence-corrected chi connectivity index (χ3v) is 14.3. The second kappa shape index (κ2) is 19.3. The summed E-state index contributed by atoms with van der Waals surface area (Å²) in [5.74, 6) is -0.807. The molecule has 1 amide bonds. The average molecular weight is 718 g/mol. The summed E-state index contributed by atoms with van der Waals surface area (Å²) in [4.78, 5) is 29.6. The Kier molecular flexibility index (Phi) is 16.8. The van der Waals surface area contributed by atoms with Gasteiger partial charge in [-0.15, -0.1) is 0 Å². The topological polar surface area (TPSA) is 77.1 Å². The summed E-state index contributed by atoms with van der Waals surface area (Å²) in [7, 11) is -0.713. The molecule has 0 radical (unpaired) electrons. The molecule has 49 heavy (non-hydrogen) atoms. The lowest BCUT2D eigenvalue weighted by Crippen LogP contribution is -2.56. The van der Waals surface area contributed by atoms with Crippen molar-refractivity contribution in [3.05, 3.63) is 63.7 Å². The summed E-state index contributed by atoms with van der Waals surface area (Å²) in [5.41, 5.74) is 5.27. The van der Waals surface area contributed by atoms with Crippen LogP contribution >= 0.6 is 11.6 Å². The number of anilines is 1. The fraction of sp³-hybridized carbons (Fsp3) is 0.650. The Morgan fingerprint density at radius 3 is 2.10 bits per heavy atom. The van der Waals surface area contributed by atoms with Crippen molar-refractivity contribution in [3.8, 4) is 0 Å². The molecule has 2 atom stereocenters. The van der Waals surface area contributed by atoms with E-state index in [0.717, 1.165) is 67.8 Å². The molecule has 0 heterocycles. The molecule has 0 aliphatic heterocycles. The van der Waals surface area contributed by atoms with Crippen molar-refractivity contribution in [2.45, 2.75) is 143 Å². The molecule has 276 valence electrons. The third kappa shape index (κ3) is 14.8. The van der Waals surface area contributed by atoms with Crippen molar-refractivity contribution in [1.29, 1.82) is 0 Å². The van der Waals surface area contributed by atoms with Crippen LogP contribution in [0.1, 0.15) is 102 Å². The van der Waals surface area contributed by atoms with Crippen molar-refractivity contribution in [2.75, 3.05) is 32.1 Å². The molecule has 2 aromatic rings. The molecule has 0 aliphatic rings. The van der Waals surface area contributed by atoms with E-state index >= 15 is 0 Å². The predicted octanol–water partition coefficient (Wildman–Crippen LogP) is 9.84. The van der Waals surface area contributed by atoms with Crippen molar-refractivity contribution < 1.29 is 23.5 Å². The van der Waals surface area contributed by atoms with Gasteiger partial charge in [0.1, 0.15) is 5.60 Å². The molecular formula is C40H65ClN2O5Si. The Morgan fingerprint density at radius 1 is 0.837 bits per heavy atom. The highest BCUT2D eigenvalue weighted by molar-refractivity contribution is 6.74. The van der Waals surface area contributed by atoms with E-state index in [2.05, 4.69) is 71.2 Å². The summed E-state index contributed by atoms with van der Waals surface area (Å²) < 4.78 is 18.9. The molecule has 2 rings (SSSR count). The zero-order valence-electron chi connectivity index (χ0n) is 32.6. The minimum Gasteiger partial charge on any atom is -0.458 e. The second-order valence-corrected chi connectivity index (χ2v) is 21.2. The third-order valence-electron chi connectivity index (χ3n) is 9.41. The van der Waals surface area contributed by atoms with Crippen molar-refractivity contribution in [2.24, 2.45) is 0 Å². The molecule has 0 saturated heterocycles. The van der Waals surface area contributed by atoms with Gasteiger partial charge in [0.05, 0.1) is 0 Å². The zero-order valence-corrected chi connectivity index (χ0v) is 34.3. The lowest BCUT2D eigenvalue weighted by atomic mass is 10.0. The van der Waals surface area contributed by atoms with Gasteiger partial charge in [-0.25, -0.2) is 4.79 Å². The van der Waals surface area contributed by atoms with Gasteiger partial charge in [0, 0.05) is 37.5 Å². The quantitative estimate of drug-likeness (QED) is 0.0886. The maximum Gasteiger partial charge on any atom is 0.337 e. The van der Waals surface area contributed by atoms with E-state index in [4.69, 9.17) is 25.5 Å². The molecule has 0 fully saturated rings. The zero-order chi connectivity index (χ0) is 37.0. The first-order valence-electron chi connectivity index (χ1n) is 18.1. The maximum atomic E-state index is 14.1. The van der Waals surface area contributed by atoms with Gasteiger partial charge in [0.25, 0.3) is 5.91 Å². The molecule has 0 saturated carbocycles. The highest BCUT2D eigenvalue weighted by atomic mass is 35.5. The predicted molar refractivity (Wildman–Crippen MR) is 207 cm³/mol. The van der Waals surface area contributed by atoms with Crippen molar-refractivity contribution in [3.63, 3.8) is 0 Å². The van der Waals surface area contributed by atoms with Gasteiger partial charge in [0.15, 0.2) is 20.5 Å². The minimum atomic E-state index is -2.50. The molecule has 0 aromatic heterocycles. The van der Waals surface area contributed by atoms with Crippen LogP contribution in [0.5, 0.6) is 0 Å². The number of nitrogens with zero attached hydrogens (tertiary/aromatic N) is 1. The Balaban J connectivity index is 2.10. The van der Waals surface area contributed by atoms with Crippen LogP contribution in [0.3, 0.4) is 0 Å². The van der Waals surface area contributed by atoms with E-state index < -0.39 is 32.1 Å². The summed E-state index contributed by atoms with van der Waals surface area (Å²) in [6, 6.07) is 12.6. The first kappa shape index (κ1) is 42.8. The van der Waals surface area contributed by atoms with Crippen LogP contribution in [-0.4, -0.2) is 69.6 Å². The number of rotatable bonds is 19.